The topological polar surface area (TPSA) is 51.6 Å². The number of hydrogen-bond acceptors (Lipinski definition) is 4. The Morgan fingerprint density at radius 2 is 0.615 bits per heavy atom. The van der Waals surface area contributed by atoms with Crippen LogP contribution in [0.2, 0.25) is 0 Å². The molecule has 0 amide bonds. The Kier molecular flexibility index (Phi) is 9.47. The van der Waals surface area contributed by atoms with Gasteiger partial charge in [-0.15, -0.1) is 0 Å². The van der Waals surface area contributed by atoms with Crippen molar-refractivity contribution < 1.29 is 17.1 Å². The Balaban J connectivity index is 0.000000241. The zero-order valence-electron chi connectivity index (χ0n) is 14.4. The first-order valence-electron chi connectivity index (χ1n) is 7.58. The molecule has 5 heteroatoms. The fourth-order valence-corrected chi connectivity index (χ4v) is 2.06. The normalized spacial score (nSPS) is 8.92. The van der Waals surface area contributed by atoms with Crippen LogP contribution < -0.4 is 0 Å². The van der Waals surface area contributed by atoms with Gasteiger partial charge in [-0.3, -0.25) is 19.9 Å². The van der Waals surface area contributed by atoms with E-state index >= 15 is 0 Å². The molecular weight excluding hydrogens is 364 g/mol. The summed E-state index contributed by atoms with van der Waals surface area (Å²) < 4.78 is 0. The van der Waals surface area contributed by atoms with E-state index in [9.17, 15) is 0 Å². The van der Waals surface area contributed by atoms with Crippen LogP contribution in [-0.2, 0) is 17.1 Å². The number of hydrogen-bond donors (Lipinski definition) is 0. The Hall–Kier alpha value is -2.88. The molecule has 4 aromatic rings. The molecule has 0 bridgehead atoms. The average Bonchev–Trinajstić information content (AvgIpc) is 2.71. The molecule has 0 radical (unpaired) electrons. The molecule has 0 aliphatic heterocycles. The van der Waals surface area contributed by atoms with E-state index in [0.29, 0.717) is 0 Å². The van der Waals surface area contributed by atoms with Crippen molar-refractivity contribution in [2.75, 3.05) is 0 Å². The van der Waals surface area contributed by atoms with Crippen molar-refractivity contribution in [1.82, 2.24) is 19.9 Å². The molecule has 0 aromatic carbocycles. The summed E-state index contributed by atoms with van der Waals surface area (Å²) in [5, 5.41) is 0. The SMILES string of the molecule is [CH3-].[Fe].c1ccc(-c2ccccn2)nc1.c1ccc(-c2ccccn2)nc1. The first-order chi connectivity index (χ1) is 11.9. The molecule has 0 aliphatic rings. The Morgan fingerprint density at radius 1 is 0.385 bits per heavy atom. The van der Waals surface area contributed by atoms with Crippen molar-refractivity contribution in [1.29, 1.82) is 0 Å². The zero-order chi connectivity index (χ0) is 16.5. The van der Waals surface area contributed by atoms with Crippen LogP contribution in [0.3, 0.4) is 0 Å². The Labute approximate surface area is 164 Å². The first-order valence-corrected chi connectivity index (χ1v) is 7.58. The van der Waals surface area contributed by atoms with Crippen molar-refractivity contribution in [3.05, 3.63) is 105 Å². The molecule has 0 saturated heterocycles. The van der Waals surface area contributed by atoms with E-state index in [1.54, 1.807) is 24.8 Å². The molecule has 0 aliphatic carbocycles. The van der Waals surface area contributed by atoms with E-state index in [0.717, 1.165) is 22.8 Å². The van der Waals surface area contributed by atoms with Gasteiger partial charge in [0.2, 0.25) is 0 Å². The van der Waals surface area contributed by atoms with Gasteiger partial charge in [0.25, 0.3) is 0 Å². The maximum absolute atomic E-state index is 4.19. The van der Waals surface area contributed by atoms with Crippen LogP contribution in [0.5, 0.6) is 0 Å². The zero-order valence-corrected chi connectivity index (χ0v) is 15.5. The summed E-state index contributed by atoms with van der Waals surface area (Å²) in [5.41, 5.74) is 3.66. The summed E-state index contributed by atoms with van der Waals surface area (Å²) in [5.74, 6) is 0. The minimum Gasteiger partial charge on any atom is -0.358 e. The van der Waals surface area contributed by atoms with Crippen LogP contribution in [0.25, 0.3) is 22.8 Å². The Bertz CT molecular complexity index is 692. The largest absolute Gasteiger partial charge is 0.358 e. The minimum absolute atomic E-state index is 0. The van der Waals surface area contributed by atoms with E-state index in [-0.39, 0.29) is 24.5 Å². The third-order valence-corrected chi connectivity index (χ3v) is 3.18. The van der Waals surface area contributed by atoms with Crippen molar-refractivity contribution in [3.63, 3.8) is 0 Å². The predicted molar refractivity (Wildman–Crippen MR) is 101 cm³/mol. The molecule has 4 rings (SSSR count). The monoisotopic (exact) mass is 383 g/mol. The van der Waals surface area contributed by atoms with Crippen molar-refractivity contribution >= 4 is 0 Å². The molecule has 4 heterocycles. The van der Waals surface area contributed by atoms with Gasteiger partial charge in [0.15, 0.2) is 0 Å². The van der Waals surface area contributed by atoms with Crippen molar-refractivity contribution in [3.8, 4) is 22.8 Å². The van der Waals surface area contributed by atoms with Gasteiger partial charge in [0.1, 0.15) is 0 Å². The van der Waals surface area contributed by atoms with Gasteiger partial charge in [-0.1, -0.05) is 24.3 Å². The molecule has 26 heavy (non-hydrogen) atoms. The van der Waals surface area contributed by atoms with Crippen LogP contribution >= 0.6 is 0 Å². The third-order valence-electron chi connectivity index (χ3n) is 3.18. The standard InChI is InChI=1S/2C10H8N2.CH3.Fe/c2*1-3-7-11-9(5-1)10-6-2-4-8-12-10;;/h2*1-8H;1H3;/q;;-1;. The Morgan fingerprint density at radius 3 is 0.769 bits per heavy atom. The summed E-state index contributed by atoms with van der Waals surface area (Å²) in [7, 11) is 0. The van der Waals surface area contributed by atoms with Crippen molar-refractivity contribution in [2.24, 2.45) is 0 Å². The molecule has 4 aromatic heterocycles. The predicted octanol–water partition coefficient (Wildman–Crippen LogP) is 4.73. The van der Waals surface area contributed by atoms with E-state index in [1.807, 2.05) is 72.8 Å². The van der Waals surface area contributed by atoms with Crippen LogP contribution in [0.4, 0.5) is 0 Å². The van der Waals surface area contributed by atoms with Gasteiger partial charge >= 0.3 is 0 Å². The molecule has 4 nitrogen and oxygen atoms in total. The third kappa shape index (κ3) is 6.20. The molecule has 132 valence electrons. The number of pyridine rings is 4. The number of rotatable bonds is 2. The fraction of sp³-hybridized carbons (Fsp3) is 0. The summed E-state index contributed by atoms with van der Waals surface area (Å²) in [6.07, 6.45) is 7.07. The van der Waals surface area contributed by atoms with Gasteiger partial charge in [-0.2, -0.15) is 0 Å². The second-order valence-electron chi connectivity index (χ2n) is 4.86. The van der Waals surface area contributed by atoms with E-state index in [2.05, 4.69) is 19.9 Å². The smallest absolute Gasteiger partial charge is 0.0886 e. The van der Waals surface area contributed by atoms with Crippen LogP contribution in [-0.4, -0.2) is 19.9 Å². The first kappa shape index (κ1) is 21.2. The molecular formula is C21H19FeN4-. The molecule has 0 unspecified atom stereocenters. The maximum Gasteiger partial charge on any atom is 0.0886 e. The second kappa shape index (κ2) is 11.6. The van der Waals surface area contributed by atoms with Gasteiger partial charge in [-0.05, 0) is 48.5 Å². The van der Waals surface area contributed by atoms with Crippen LogP contribution in [0.1, 0.15) is 0 Å². The molecule has 0 fully saturated rings. The minimum atomic E-state index is 0. The summed E-state index contributed by atoms with van der Waals surface area (Å²) in [6, 6.07) is 23.2. The van der Waals surface area contributed by atoms with E-state index < -0.39 is 0 Å². The molecule has 0 N–H and O–H groups in total. The van der Waals surface area contributed by atoms with E-state index in [4.69, 9.17) is 0 Å². The fourth-order valence-electron chi connectivity index (χ4n) is 2.06. The van der Waals surface area contributed by atoms with Gasteiger partial charge in [-0.25, -0.2) is 0 Å². The summed E-state index contributed by atoms with van der Waals surface area (Å²) in [4.78, 5) is 16.7. The van der Waals surface area contributed by atoms with Gasteiger partial charge < -0.3 is 7.43 Å². The molecule has 0 saturated carbocycles. The van der Waals surface area contributed by atoms with Crippen LogP contribution in [0.15, 0.2) is 97.6 Å². The molecule has 0 spiro atoms. The van der Waals surface area contributed by atoms with Gasteiger partial charge in [0, 0.05) is 41.9 Å². The van der Waals surface area contributed by atoms with E-state index in [1.165, 1.54) is 0 Å². The van der Waals surface area contributed by atoms with Gasteiger partial charge in [0.05, 0.1) is 22.8 Å². The summed E-state index contributed by atoms with van der Waals surface area (Å²) >= 11 is 0. The van der Waals surface area contributed by atoms with Crippen molar-refractivity contribution in [2.45, 2.75) is 0 Å². The number of nitrogens with zero attached hydrogens (tertiary/aromatic N) is 4. The molecule has 0 atom stereocenters. The summed E-state index contributed by atoms with van der Waals surface area (Å²) in [6.45, 7) is 0. The second-order valence-corrected chi connectivity index (χ2v) is 4.86. The van der Waals surface area contributed by atoms with Crippen LogP contribution in [0, 0.1) is 7.43 Å². The quantitative estimate of drug-likeness (QED) is 0.371. The number of aromatic nitrogens is 4. The maximum atomic E-state index is 4.19. The average molecular weight is 383 g/mol.